The number of benzene rings is 2. The lowest BCUT2D eigenvalue weighted by molar-refractivity contribution is 0.0588. The van der Waals surface area contributed by atoms with Gasteiger partial charge >= 0.3 is 6.09 Å². The minimum atomic E-state index is -3.16. The number of H-pyrrole nitrogens is 1. The molecular weight excluding hydrogens is 527 g/mol. The Morgan fingerprint density at radius 2 is 2.05 bits per heavy atom. The van der Waals surface area contributed by atoms with Gasteiger partial charge in [-0.15, -0.1) is 0 Å². The zero-order chi connectivity index (χ0) is 32.1. The molecule has 0 spiro atoms. The summed E-state index contributed by atoms with van der Waals surface area (Å²) in [6.07, 6.45) is 0.0755. The molecule has 5 rings (SSSR count). The average Bonchev–Trinajstić information content (AvgIpc) is 3.31. The van der Waals surface area contributed by atoms with Crippen LogP contribution < -0.4 is 16.2 Å². The monoisotopic (exact) mass is 557 g/mol. The first-order valence-electron chi connectivity index (χ1n) is 14.0. The number of nitrogens with zero attached hydrogens (tertiary/aromatic N) is 6. The number of halogens is 1. The van der Waals surface area contributed by atoms with E-state index in [2.05, 4.69) is 26.3 Å². The first-order chi connectivity index (χ1) is 20.7. The van der Waals surface area contributed by atoms with Gasteiger partial charge in [0.15, 0.2) is 5.82 Å². The second-order valence-corrected chi connectivity index (χ2v) is 10.2. The van der Waals surface area contributed by atoms with Crippen LogP contribution in [-0.2, 0) is 18.3 Å². The van der Waals surface area contributed by atoms with Crippen molar-refractivity contribution in [1.29, 1.82) is 5.26 Å². The summed E-state index contributed by atoms with van der Waals surface area (Å²) in [4.78, 5) is 31.3. The van der Waals surface area contributed by atoms with Crippen molar-refractivity contribution in [2.24, 2.45) is 12.8 Å². The highest BCUT2D eigenvalue weighted by Crippen LogP contribution is 2.39. The largest absolute Gasteiger partial charge is 0.443 e. The van der Waals surface area contributed by atoms with Crippen molar-refractivity contribution in [3.05, 3.63) is 70.0 Å². The van der Waals surface area contributed by atoms with Crippen LogP contribution in [0.1, 0.15) is 36.1 Å². The van der Waals surface area contributed by atoms with Crippen LogP contribution in [0, 0.1) is 17.1 Å². The number of aryl methyl sites for hydroxylation is 1. The van der Waals surface area contributed by atoms with Gasteiger partial charge < -0.3 is 10.5 Å². The molecule has 0 saturated carbocycles. The molecule has 3 aromatic heterocycles. The average molecular weight is 558 g/mol. The number of hydrogen-bond donors (Lipinski definition) is 2. The van der Waals surface area contributed by atoms with E-state index in [0.29, 0.717) is 15.7 Å². The molecule has 0 atom stereocenters. The lowest BCUT2D eigenvalue weighted by Gasteiger charge is -2.25. The SMILES string of the molecule is [2H]C([2H])([2H])N(C(=O)OC(C)(C)C)c1nc(-c2cnn(C)c2-c2c(F)cc3ccccc3c2C#N)cc2c(CN)n[nH]c(=O)c12. The van der Waals surface area contributed by atoms with E-state index in [4.69, 9.17) is 14.6 Å². The Bertz CT molecular complexity index is 2060. The molecule has 2 aromatic carbocycles. The van der Waals surface area contributed by atoms with E-state index in [0.717, 1.165) is 0 Å². The number of amides is 1. The highest BCUT2D eigenvalue weighted by atomic mass is 19.1. The van der Waals surface area contributed by atoms with Gasteiger partial charge in [-0.25, -0.2) is 19.3 Å². The molecule has 3 heterocycles. The summed E-state index contributed by atoms with van der Waals surface area (Å²) in [5, 5.41) is 21.6. The molecule has 12 heteroatoms. The van der Waals surface area contributed by atoms with E-state index in [9.17, 15) is 14.9 Å². The van der Waals surface area contributed by atoms with Crippen molar-refractivity contribution in [2.75, 3.05) is 11.9 Å². The predicted molar refractivity (Wildman–Crippen MR) is 153 cm³/mol. The van der Waals surface area contributed by atoms with Crippen molar-refractivity contribution < 1.29 is 18.0 Å². The Hall–Kier alpha value is -5.15. The lowest BCUT2D eigenvalue weighted by atomic mass is 9.94. The molecule has 3 N–H and O–H groups in total. The molecule has 0 bridgehead atoms. The smallest absolute Gasteiger partial charge is 0.415 e. The first-order valence-corrected chi connectivity index (χ1v) is 12.5. The molecule has 5 aromatic rings. The van der Waals surface area contributed by atoms with Gasteiger partial charge in [0.25, 0.3) is 5.56 Å². The third-order valence-electron chi connectivity index (χ3n) is 6.38. The second-order valence-electron chi connectivity index (χ2n) is 10.2. The molecule has 41 heavy (non-hydrogen) atoms. The van der Waals surface area contributed by atoms with Crippen LogP contribution in [0.2, 0.25) is 0 Å². The minimum absolute atomic E-state index is 0.00644. The second kappa shape index (κ2) is 10.1. The molecule has 0 fully saturated rings. The number of aromatic nitrogens is 5. The molecule has 0 aliphatic carbocycles. The fourth-order valence-corrected chi connectivity index (χ4v) is 4.65. The van der Waals surface area contributed by atoms with Gasteiger partial charge in [-0.05, 0) is 38.3 Å². The van der Waals surface area contributed by atoms with Crippen molar-refractivity contribution >= 4 is 33.5 Å². The van der Waals surface area contributed by atoms with E-state index in [1.807, 2.05) is 0 Å². The third-order valence-corrected chi connectivity index (χ3v) is 6.38. The number of anilines is 1. The van der Waals surface area contributed by atoms with Crippen molar-refractivity contribution in [1.82, 2.24) is 25.0 Å². The number of carbonyl (C=O) groups is 1. The van der Waals surface area contributed by atoms with Crippen LogP contribution in [0.4, 0.5) is 15.0 Å². The summed E-state index contributed by atoms with van der Waals surface area (Å²) < 4.78 is 47.1. The van der Waals surface area contributed by atoms with Crippen molar-refractivity contribution in [3.8, 4) is 28.6 Å². The van der Waals surface area contributed by atoms with Crippen molar-refractivity contribution in [2.45, 2.75) is 32.9 Å². The maximum absolute atomic E-state index is 15.8. The number of aromatic amines is 1. The van der Waals surface area contributed by atoms with Gasteiger partial charge in [-0.1, -0.05) is 24.3 Å². The number of nitrogens with one attached hydrogen (secondary N) is 1. The zero-order valence-electron chi connectivity index (χ0n) is 25.6. The third kappa shape index (κ3) is 4.76. The fraction of sp³-hybridized carbons (Fsp3) is 0.241. The van der Waals surface area contributed by atoms with Crippen LogP contribution in [0.15, 0.2) is 47.4 Å². The summed E-state index contributed by atoms with van der Waals surface area (Å²) in [6, 6.07) is 11.7. The quantitative estimate of drug-likeness (QED) is 0.330. The van der Waals surface area contributed by atoms with Gasteiger partial charge in [0.2, 0.25) is 0 Å². The summed E-state index contributed by atoms with van der Waals surface area (Å²) in [7, 11) is 1.55. The van der Waals surface area contributed by atoms with E-state index < -0.39 is 35.9 Å². The molecule has 0 radical (unpaired) electrons. The zero-order valence-corrected chi connectivity index (χ0v) is 22.6. The summed E-state index contributed by atoms with van der Waals surface area (Å²) in [5.74, 6) is -1.26. The summed E-state index contributed by atoms with van der Waals surface area (Å²) >= 11 is 0. The Morgan fingerprint density at radius 1 is 1.29 bits per heavy atom. The number of ether oxygens (including phenoxy) is 1. The van der Waals surface area contributed by atoms with E-state index >= 15 is 4.39 Å². The number of nitriles is 1. The number of hydrogen-bond acceptors (Lipinski definition) is 8. The maximum Gasteiger partial charge on any atom is 0.415 e. The number of carbonyl (C=O) groups excluding carboxylic acids is 1. The minimum Gasteiger partial charge on any atom is -0.443 e. The van der Waals surface area contributed by atoms with Gasteiger partial charge in [0.05, 0.1) is 39.8 Å². The van der Waals surface area contributed by atoms with Gasteiger partial charge in [0.1, 0.15) is 17.5 Å². The fourth-order valence-electron chi connectivity index (χ4n) is 4.65. The molecule has 0 aliphatic rings. The Balaban J connectivity index is 1.89. The van der Waals surface area contributed by atoms with E-state index in [-0.39, 0.29) is 51.1 Å². The van der Waals surface area contributed by atoms with E-state index in [1.165, 1.54) is 23.0 Å². The Labute approximate surface area is 238 Å². The molecule has 11 nitrogen and oxygen atoms in total. The maximum atomic E-state index is 15.8. The highest BCUT2D eigenvalue weighted by Gasteiger charge is 2.28. The molecule has 1 amide bonds. The van der Waals surface area contributed by atoms with Crippen LogP contribution in [0.25, 0.3) is 44.1 Å². The van der Waals surface area contributed by atoms with Crippen molar-refractivity contribution in [3.63, 3.8) is 0 Å². The lowest BCUT2D eigenvalue weighted by Crippen LogP contribution is -2.35. The predicted octanol–water partition coefficient (Wildman–Crippen LogP) is 4.38. The highest BCUT2D eigenvalue weighted by molar-refractivity contribution is 6.03. The number of pyridine rings is 1. The van der Waals surface area contributed by atoms with Crippen LogP contribution in [0.3, 0.4) is 0 Å². The number of nitrogens with two attached hydrogens (primary N) is 1. The molecule has 0 unspecified atom stereocenters. The Morgan fingerprint density at radius 3 is 2.73 bits per heavy atom. The normalized spacial score (nSPS) is 13.0. The standard InChI is InChI=1S/C29H27FN8O3/c1-29(2,3)41-28(40)37(4)26-24-17(22(13-32)35-36-27(24)39)11-21(34-26)19-14-33-38(5)25(19)23-18(12-31)16-9-7-6-8-15(16)10-20(23)30/h6-11,14H,13,32H2,1-5H3,(H,36,39)/i4D3. The van der Waals surface area contributed by atoms with Crippen LogP contribution in [-0.4, -0.2) is 43.6 Å². The van der Waals surface area contributed by atoms with Gasteiger partial charge in [0, 0.05) is 41.0 Å². The molecule has 0 saturated heterocycles. The topological polar surface area (TPSA) is 156 Å². The first kappa shape index (κ1) is 23.7. The summed E-state index contributed by atoms with van der Waals surface area (Å²) in [5.41, 5.74) is 4.48. The van der Waals surface area contributed by atoms with Gasteiger partial charge in [-0.3, -0.25) is 14.4 Å². The van der Waals surface area contributed by atoms with E-state index in [1.54, 1.807) is 52.1 Å². The molecular formula is C29H27FN8O3. The van der Waals surface area contributed by atoms with Crippen LogP contribution >= 0.6 is 0 Å². The molecule has 0 aliphatic heterocycles. The number of fused-ring (bicyclic) bond motifs is 2. The summed E-state index contributed by atoms with van der Waals surface area (Å²) in [6.45, 7) is 1.34. The molecule has 208 valence electrons. The Kier molecular flexibility index (Phi) is 5.85. The van der Waals surface area contributed by atoms with Crippen LogP contribution in [0.5, 0.6) is 0 Å². The van der Waals surface area contributed by atoms with Gasteiger partial charge in [-0.2, -0.15) is 15.5 Å². The number of rotatable bonds is 4.